The highest BCUT2D eigenvalue weighted by atomic mass is 32.1. The molecule has 24 heavy (non-hydrogen) atoms. The molecule has 1 aromatic heterocycles. The van der Waals surface area contributed by atoms with Gasteiger partial charge in [-0.1, -0.05) is 62.4 Å². The fourth-order valence-electron chi connectivity index (χ4n) is 3.62. The third kappa shape index (κ3) is 4.91. The molecule has 3 nitrogen and oxygen atoms in total. The molecule has 0 spiro atoms. The second-order valence-electron chi connectivity index (χ2n) is 6.81. The standard InChI is InChI=1S/C20H26N2OS/c1-15-21-18(14-24-15)13-20(23)22-19(17-10-6-3-7-11-17)12-16-8-4-2-5-9-16/h3,6-7,10-11,14,16,19H,2,4-5,8-9,12-13H2,1H3,(H,22,23). The first-order valence-corrected chi connectivity index (χ1v) is 9.84. The number of amides is 1. The molecule has 1 saturated carbocycles. The average Bonchev–Trinajstić information content (AvgIpc) is 3.01. The predicted molar refractivity (Wildman–Crippen MR) is 99.1 cm³/mol. The lowest BCUT2D eigenvalue weighted by atomic mass is 9.83. The molecule has 1 amide bonds. The fraction of sp³-hybridized carbons (Fsp3) is 0.500. The topological polar surface area (TPSA) is 42.0 Å². The number of rotatable bonds is 6. The number of hydrogen-bond donors (Lipinski definition) is 1. The SMILES string of the molecule is Cc1nc(CC(=O)NC(CC2CCCCC2)c2ccccc2)cs1. The number of carbonyl (C=O) groups excluding carboxylic acids is 1. The Kier molecular flexibility index (Phi) is 6.02. The molecule has 0 aliphatic heterocycles. The van der Waals surface area contributed by atoms with Crippen molar-refractivity contribution in [3.8, 4) is 0 Å². The zero-order valence-electron chi connectivity index (χ0n) is 14.3. The molecule has 0 bridgehead atoms. The zero-order chi connectivity index (χ0) is 16.8. The molecule has 1 aliphatic carbocycles. The fourth-order valence-corrected chi connectivity index (χ4v) is 4.23. The number of nitrogens with zero attached hydrogens (tertiary/aromatic N) is 1. The third-order valence-corrected chi connectivity index (χ3v) is 5.66. The van der Waals surface area contributed by atoms with E-state index in [0.29, 0.717) is 6.42 Å². The second kappa shape index (κ2) is 8.43. The molecule has 1 aliphatic rings. The Balaban J connectivity index is 1.65. The van der Waals surface area contributed by atoms with Gasteiger partial charge in [-0.05, 0) is 24.8 Å². The Bertz CT molecular complexity index is 647. The monoisotopic (exact) mass is 342 g/mol. The summed E-state index contributed by atoms with van der Waals surface area (Å²) in [6.45, 7) is 1.97. The molecule has 4 heteroatoms. The van der Waals surface area contributed by atoms with Gasteiger partial charge in [0.1, 0.15) is 0 Å². The first-order valence-electron chi connectivity index (χ1n) is 8.96. The molecular weight excluding hydrogens is 316 g/mol. The maximum absolute atomic E-state index is 12.5. The van der Waals surface area contributed by atoms with Gasteiger partial charge in [-0.15, -0.1) is 11.3 Å². The summed E-state index contributed by atoms with van der Waals surface area (Å²) in [4.78, 5) is 16.9. The number of benzene rings is 1. The number of nitrogens with one attached hydrogen (secondary N) is 1. The van der Waals surface area contributed by atoms with Gasteiger partial charge in [0.15, 0.2) is 0 Å². The smallest absolute Gasteiger partial charge is 0.226 e. The van der Waals surface area contributed by atoms with Gasteiger partial charge in [0.05, 0.1) is 23.2 Å². The Morgan fingerprint density at radius 1 is 1.25 bits per heavy atom. The lowest BCUT2D eigenvalue weighted by molar-refractivity contribution is -0.121. The van der Waals surface area contributed by atoms with Crippen molar-refractivity contribution in [2.75, 3.05) is 0 Å². The maximum atomic E-state index is 12.5. The van der Waals surface area contributed by atoms with Crippen molar-refractivity contribution < 1.29 is 4.79 Å². The van der Waals surface area contributed by atoms with E-state index in [4.69, 9.17) is 0 Å². The third-order valence-electron chi connectivity index (χ3n) is 4.84. The summed E-state index contributed by atoms with van der Waals surface area (Å²) in [6, 6.07) is 10.5. The van der Waals surface area contributed by atoms with Crippen LogP contribution in [0.1, 0.15) is 60.8 Å². The minimum Gasteiger partial charge on any atom is -0.349 e. The van der Waals surface area contributed by atoms with Crippen LogP contribution in [0.2, 0.25) is 0 Å². The molecule has 1 atom stereocenters. The molecule has 128 valence electrons. The number of carbonyl (C=O) groups is 1. The normalized spacial score (nSPS) is 16.7. The summed E-state index contributed by atoms with van der Waals surface area (Å²) in [5.74, 6) is 0.802. The van der Waals surface area contributed by atoms with Crippen molar-refractivity contribution >= 4 is 17.2 Å². The molecule has 1 heterocycles. The second-order valence-corrected chi connectivity index (χ2v) is 7.87. The van der Waals surface area contributed by atoms with Crippen molar-refractivity contribution in [3.63, 3.8) is 0 Å². The highest BCUT2D eigenvalue weighted by Crippen LogP contribution is 2.32. The van der Waals surface area contributed by atoms with Gasteiger partial charge in [0.25, 0.3) is 0 Å². The van der Waals surface area contributed by atoms with Crippen LogP contribution in [0.25, 0.3) is 0 Å². The van der Waals surface area contributed by atoms with E-state index in [1.54, 1.807) is 11.3 Å². The molecule has 1 fully saturated rings. The molecule has 1 N–H and O–H groups in total. The lowest BCUT2D eigenvalue weighted by Gasteiger charge is -2.27. The van der Waals surface area contributed by atoms with E-state index in [1.807, 2.05) is 18.4 Å². The first kappa shape index (κ1) is 17.2. The van der Waals surface area contributed by atoms with Gasteiger partial charge >= 0.3 is 0 Å². The van der Waals surface area contributed by atoms with Crippen molar-refractivity contribution in [3.05, 3.63) is 52.0 Å². The van der Waals surface area contributed by atoms with Crippen LogP contribution in [0, 0.1) is 12.8 Å². The van der Waals surface area contributed by atoms with E-state index in [9.17, 15) is 4.79 Å². The predicted octanol–water partition coefficient (Wildman–Crippen LogP) is 4.82. The lowest BCUT2D eigenvalue weighted by Crippen LogP contribution is -2.31. The molecule has 3 rings (SSSR count). The molecule has 0 radical (unpaired) electrons. The number of hydrogen-bond acceptors (Lipinski definition) is 3. The van der Waals surface area contributed by atoms with Gasteiger partial charge in [-0.2, -0.15) is 0 Å². The Morgan fingerprint density at radius 3 is 2.67 bits per heavy atom. The van der Waals surface area contributed by atoms with Gasteiger partial charge in [-0.25, -0.2) is 4.98 Å². The molecule has 1 unspecified atom stereocenters. The van der Waals surface area contributed by atoms with Crippen LogP contribution in [0.15, 0.2) is 35.7 Å². The van der Waals surface area contributed by atoms with Crippen LogP contribution in [0.4, 0.5) is 0 Å². The highest BCUT2D eigenvalue weighted by Gasteiger charge is 2.22. The van der Waals surface area contributed by atoms with Crippen LogP contribution in [0.5, 0.6) is 0 Å². The molecular formula is C20H26N2OS. The average molecular weight is 343 g/mol. The van der Waals surface area contributed by atoms with Crippen molar-refractivity contribution in [1.82, 2.24) is 10.3 Å². The zero-order valence-corrected chi connectivity index (χ0v) is 15.1. The van der Waals surface area contributed by atoms with Crippen molar-refractivity contribution in [2.24, 2.45) is 5.92 Å². The summed E-state index contributed by atoms with van der Waals surface area (Å²) in [6.07, 6.45) is 8.04. The van der Waals surface area contributed by atoms with Crippen molar-refractivity contribution in [2.45, 2.75) is 57.9 Å². The summed E-state index contributed by atoms with van der Waals surface area (Å²) >= 11 is 1.60. The minimum atomic E-state index is 0.0740. The largest absolute Gasteiger partial charge is 0.349 e. The van der Waals surface area contributed by atoms with E-state index in [-0.39, 0.29) is 11.9 Å². The van der Waals surface area contributed by atoms with Crippen molar-refractivity contribution in [1.29, 1.82) is 0 Å². The summed E-state index contributed by atoms with van der Waals surface area (Å²) in [5.41, 5.74) is 2.09. The number of aryl methyl sites for hydroxylation is 1. The van der Waals surface area contributed by atoms with Gasteiger partial charge in [0, 0.05) is 5.38 Å². The molecule has 1 aromatic carbocycles. The van der Waals surface area contributed by atoms with Gasteiger partial charge < -0.3 is 5.32 Å². The Morgan fingerprint density at radius 2 is 2.00 bits per heavy atom. The van der Waals surface area contributed by atoms with E-state index in [0.717, 1.165) is 23.0 Å². The maximum Gasteiger partial charge on any atom is 0.226 e. The number of thiazole rings is 1. The van der Waals surface area contributed by atoms with E-state index in [1.165, 1.54) is 37.7 Å². The summed E-state index contributed by atoms with van der Waals surface area (Å²) < 4.78 is 0. The Labute approximate surface area is 148 Å². The Hall–Kier alpha value is -1.68. The first-order chi connectivity index (χ1) is 11.7. The quantitative estimate of drug-likeness (QED) is 0.817. The van der Waals surface area contributed by atoms with Gasteiger partial charge in [-0.3, -0.25) is 4.79 Å². The van der Waals surface area contributed by atoms with Crippen LogP contribution >= 0.6 is 11.3 Å². The summed E-state index contributed by atoms with van der Waals surface area (Å²) in [5, 5.41) is 6.26. The van der Waals surface area contributed by atoms with Crippen LogP contribution < -0.4 is 5.32 Å². The molecule has 2 aromatic rings. The van der Waals surface area contributed by atoms with Crippen LogP contribution in [0.3, 0.4) is 0 Å². The van der Waals surface area contributed by atoms with Crippen LogP contribution in [-0.2, 0) is 11.2 Å². The molecule has 0 saturated heterocycles. The van der Waals surface area contributed by atoms with E-state index in [2.05, 4.69) is 34.6 Å². The van der Waals surface area contributed by atoms with Gasteiger partial charge in [0.2, 0.25) is 5.91 Å². The van der Waals surface area contributed by atoms with E-state index >= 15 is 0 Å². The van der Waals surface area contributed by atoms with E-state index < -0.39 is 0 Å². The van der Waals surface area contributed by atoms with Crippen LogP contribution in [-0.4, -0.2) is 10.9 Å². The number of aromatic nitrogens is 1. The minimum absolute atomic E-state index is 0.0740. The highest BCUT2D eigenvalue weighted by molar-refractivity contribution is 7.09. The summed E-state index contributed by atoms with van der Waals surface area (Å²) in [7, 11) is 0.